The standard InChI is InChI=1S/C14H12N2O2/c1-8-15-11-4-2-3-10-9(7-13(17)18)5-6-12(16-8)14(10)11/h2-6H,7H2,1H3,(H,15,16)(H,17,18). The molecule has 0 aromatic heterocycles. The average molecular weight is 240 g/mol. The molecule has 0 radical (unpaired) electrons. The summed E-state index contributed by atoms with van der Waals surface area (Å²) in [5.74, 6) is 0.0279. The number of nitrogens with one attached hydrogen (secondary N) is 1. The van der Waals surface area contributed by atoms with Crippen LogP contribution in [-0.2, 0) is 11.2 Å². The number of rotatable bonds is 2. The number of carboxylic acids is 1. The highest BCUT2D eigenvalue weighted by Crippen LogP contribution is 2.37. The van der Waals surface area contributed by atoms with Crippen molar-refractivity contribution in [3.8, 4) is 0 Å². The van der Waals surface area contributed by atoms with Crippen LogP contribution in [0.4, 0.5) is 11.4 Å². The third-order valence-corrected chi connectivity index (χ3v) is 3.05. The number of carboxylic acid groups (broad SMARTS) is 1. The van der Waals surface area contributed by atoms with E-state index in [0.717, 1.165) is 33.5 Å². The Morgan fingerprint density at radius 1 is 1.33 bits per heavy atom. The summed E-state index contributed by atoms with van der Waals surface area (Å²) in [4.78, 5) is 15.3. The average Bonchev–Trinajstić information content (AvgIpc) is 2.32. The molecule has 18 heavy (non-hydrogen) atoms. The molecule has 0 unspecified atom stereocenters. The van der Waals surface area contributed by atoms with Crippen LogP contribution in [0.2, 0.25) is 0 Å². The van der Waals surface area contributed by atoms with Gasteiger partial charge < -0.3 is 10.4 Å². The lowest BCUT2D eigenvalue weighted by atomic mass is 9.98. The second-order valence-electron chi connectivity index (χ2n) is 4.36. The van der Waals surface area contributed by atoms with Crippen molar-refractivity contribution < 1.29 is 9.90 Å². The Morgan fingerprint density at radius 2 is 2.17 bits per heavy atom. The fourth-order valence-electron chi connectivity index (χ4n) is 2.37. The lowest BCUT2D eigenvalue weighted by Gasteiger charge is -2.18. The largest absolute Gasteiger partial charge is 0.481 e. The molecule has 3 rings (SSSR count). The highest BCUT2D eigenvalue weighted by atomic mass is 16.4. The van der Waals surface area contributed by atoms with Gasteiger partial charge in [0, 0.05) is 11.1 Å². The number of carbonyl (C=O) groups is 1. The molecule has 0 saturated carbocycles. The fourth-order valence-corrected chi connectivity index (χ4v) is 2.37. The Morgan fingerprint density at radius 3 is 2.94 bits per heavy atom. The molecule has 1 aliphatic heterocycles. The van der Waals surface area contributed by atoms with Gasteiger partial charge in [-0.05, 0) is 30.0 Å². The molecule has 0 bridgehead atoms. The summed E-state index contributed by atoms with van der Waals surface area (Å²) in [6.07, 6.45) is 0.0307. The Labute approximate surface area is 104 Å². The lowest BCUT2D eigenvalue weighted by Crippen LogP contribution is -2.11. The van der Waals surface area contributed by atoms with E-state index in [0.29, 0.717) is 0 Å². The molecule has 2 aromatic rings. The second kappa shape index (κ2) is 3.84. The molecule has 90 valence electrons. The third kappa shape index (κ3) is 1.62. The summed E-state index contributed by atoms with van der Waals surface area (Å²) >= 11 is 0. The molecular weight excluding hydrogens is 228 g/mol. The lowest BCUT2D eigenvalue weighted by molar-refractivity contribution is -0.136. The smallest absolute Gasteiger partial charge is 0.307 e. The van der Waals surface area contributed by atoms with E-state index in [9.17, 15) is 4.79 Å². The molecule has 0 fully saturated rings. The molecule has 1 heterocycles. The monoisotopic (exact) mass is 240 g/mol. The molecule has 0 spiro atoms. The number of benzene rings is 2. The van der Waals surface area contributed by atoms with Crippen LogP contribution in [0.15, 0.2) is 35.3 Å². The maximum absolute atomic E-state index is 10.9. The van der Waals surface area contributed by atoms with Gasteiger partial charge in [0.25, 0.3) is 0 Å². The van der Waals surface area contributed by atoms with E-state index in [1.807, 2.05) is 37.3 Å². The van der Waals surface area contributed by atoms with Crippen LogP contribution in [0.1, 0.15) is 12.5 Å². The number of aliphatic carboxylic acids is 1. The first-order valence-corrected chi connectivity index (χ1v) is 5.74. The van der Waals surface area contributed by atoms with Gasteiger partial charge in [0.1, 0.15) is 5.84 Å². The number of hydrogen-bond acceptors (Lipinski definition) is 3. The number of amidine groups is 1. The molecule has 0 atom stereocenters. The van der Waals surface area contributed by atoms with Gasteiger partial charge in [-0.1, -0.05) is 18.2 Å². The van der Waals surface area contributed by atoms with E-state index in [2.05, 4.69) is 10.3 Å². The molecule has 0 saturated heterocycles. The highest BCUT2D eigenvalue weighted by molar-refractivity contribution is 6.13. The first kappa shape index (κ1) is 10.8. The van der Waals surface area contributed by atoms with Gasteiger partial charge in [-0.25, -0.2) is 4.99 Å². The summed E-state index contributed by atoms with van der Waals surface area (Å²) in [5.41, 5.74) is 2.70. The summed E-state index contributed by atoms with van der Waals surface area (Å²) in [5, 5.41) is 14.1. The first-order valence-electron chi connectivity index (χ1n) is 5.74. The highest BCUT2D eigenvalue weighted by Gasteiger charge is 2.15. The first-order chi connectivity index (χ1) is 8.65. The van der Waals surface area contributed by atoms with Crippen molar-refractivity contribution in [2.75, 3.05) is 5.32 Å². The molecule has 0 aliphatic carbocycles. The quantitative estimate of drug-likeness (QED) is 0.848. The van der Waals surface area contributed by atoms with Gasteiger partial charge in [0.15, 0.2) is 0 Å². The van der Waals surface area contributed by atoms with E-state index in [-0.39, 0.29) is 6.42 Å². The van der Waals surface area contributed by atoms with Crippen molar-refractivity contribution in [3.63, 3.8) is 0 Å². The van der Waals surface area contributed by atoms with Crippen molar-refractivity contribution in [2.24, 2.45) is 4.99 Å². The zero-order chi connectivity index (χ0) is 12.7. The zero-order valence-electron chi connectivity index (χ0n) is 9.90. The second-order valence-corrected chi connectivity index (χ2v) is 4.36. The van der Waals surface area contributed by atoms with Crippen LogP contribution in [-0.4, -0.2) is 16.9 Å². The van der Waals surface area contributed by atoms with Crippen LogP contribution in [0.25, 0.3) is 10.8 Å². The van der Waals surface area contributed by atoms with Crippen LogP contribution in [0, 0.1) is 0 Å². The maximum Gasteiger partial charge on any atom is 0.307 e. The topological polar surface area (TPSA) is 61.7 Å². The molecular formula is C14H12N2O2. The zero-order valence-corrected chi connectivity index (χ0v) is 9.90. The molecule has 4 nitrogen and oxygen atoms in total. The number of aliphatic imine (C=N–C) groups is 1. The van der Waals surface area contributed by atoms with E-state index in [1.165, 1.54) is 0 Å². The van der Waals surface area contributed by atoms with Gasteiger partial charge in [0.2, 0.25) is 0 Å². The van der Waals surface area contributed by atoms with Crippen LogP contribution in [0.5, 0.6) is 0 Å². The predicted molar refractivity (Wildman–Crippen MR) is 71.7 cm³/mol. The van der Waals surface area contributed by atoms with Gasteiger partial charge in [-0.2, -0.15) is 0 Å². The summed E-state index contributed by atoms with van der Waals surface area (Å²) in [6.45, 7) is 1.91. The van der Waals surface area contributed by atoms with E-state index in [4.69, 9.17) is 5.11 Å². The minimum atomic E-state index is -0.820. The molecule has 2 N–H and O–H groups in total. The van der Waals surface area contributed by atoms with E-state index >= 15 is 0 Å². The van der Waals surface area contributed by atoms with Crippen molar-refractivity contribution >= 4 is 34.0 Å². The Bertz CT molecular complexity index is 689. The van der Waals surface area contributed by atoms with E-state index < -0.39 is 5.97 Å². The molecule has 1 aliphatic rings. The van der Waals surface area contributed by atoms with Crippen LogP contribution >= 0.6 is 0 Å². The van der Waals surface area contributed by atoms with Gasteiger partial charge in [-0.15, -0.1) is 0 Å². The van der Waals surface area contributed by atoms with Crippen molar-refractivity contribution in [1.29, 1.82) is 0 Å². The Hall–Kier alpha value is -2.36. The van der Waals surface area contributed by atoms with Crippen molar-refractivity contribution in [2.45, 2.75) is 13.3 Å². The minimum Gasteiger partial charge on any atom is -0.481 e. The Balaban J connectivity index is 2.31. The van der Waals surface area contributed by atoms with Crippen molar-refractivity contribution in [3.05, 3.63) is 35.9 Å². The molecule has 4 heteroatoms. The summed E-state index contributed by atoms with van der Waals surface area (Å²) in [6, 6.07) is 9.58. The summed E-state index contributed by atoms with van der Waals surface area (Å²) < 4.78 is 0. The van der Waals surface area contributed by atoms with Gasteiger partial charge >= 0.3 is 5.97 Å². The van der Waals surface area contributed by atoms with E-state index in [1.54, 1.807) is 0 Å². The third-order valence-electron chi connectivity index (χ3n) is 3.05. The minimum absolute atomic E-state index is 0.0307. The summed E-state index contributed by atoms with van der Waals surface area (Å²) in [7, 11) is 0. The number of hydrogen-bond donors (Lipinski definition) is 2. The molecule has 0 amide bonds. The normalized spacial score (nSPS) is 13.1. The SMILES string of the molecule is CC1=Nc2ccc(CC(=O)O)c3cccc(c23)N1. The van der Waals surface area contributed by atoms with Crippen LogP contribution in [0.3, 0.4) is 0 Å². The Kier molecular flexibility index (Phi) is 2.30. The van der Waals surface area contributed by atoms with Gasteiger partial charge in [-0.3, -0.25) is 4.79 Å². The van der Waals surface area contributed by atoms with Crippen molar-refractivity contribution in [1.82, 2.24) is 0 Å². The molecule has 2 aromatic carbocycles. The number of nitrogens with zero attached hydrogens (tertiary/aromatic N) is 1. The predicted octanol–water partition coefficient (Wildman–Crippen LogP) is 2.94. The van der Waals surface area contributed by atoms with Crippen LogP contribution < -0.4 is 5.32 Å². The van der Waals surface area contributed by atoms with Gasteiger partial charge in [0.05, 0.1) is 12.1 Å². The maximum atomic E-state index is 10.9. The number of anilines is 1. The fraction of sp³-hybridized carbons (Fsp3) is 0.143.